The van der Waals surface area contributed by atoms with Gasteiger partial charge in [0.2, 0.25) is 0 Å². The zero-order chi connectivity index (χ0) is 19.2. The molecule has 0 aliphatic heterocycles. The van der Waals surface area contributed by atoms with Crippen LogP contribution in [0.15, 0.2) is 77.0 Å². The second-order valence-electron chi connectivity index (χ2n) is 5.76. The fourth-order valence-corrected chi connectivity index (χ4v) is 2.57. The highest BCUT2D eigenvalue weighted by molar-refractivity contribution is 6.31. The molecule has 136 valence electrons. The Balaban J connectivity index is 1.87. The number of rotatable bonds is 5. The van der Waals surface area contributed by atoms with E-state index in [1.807, 2.05) is 6.07 Å². The second kappa shape index (κ2) is 8.38. The van der Waals surface area contributed by atoms with Crippen LogP contribution >= 0.6 is 11.6 Å². The van der Waals surface area contributed by atoms with Gasteiger partial charge in [-0.15, -0.1) is 0 Å². The van der Waals surface area contributed by atoms with Crippen molar-refractivity contribution >= 4 is 35.2 Å². The van der Waals surface area contributed by atoms with Crippen LogP contribution in [0.4, 0.5) is 5.69 Å². The van der Waals surface area contributed by atoms with Gasteiger partial charge in [-0.3, -0.25) is 9.59 Å². The topological polar surface area (TPSA) is 71.3 Å². The molecule has 0 bridgehead atoms. The molecule has 0 radical (unpaired) electrons. The van der Waals surface area contributed by atoms with Gasteiger partial charge in [0.15, 0.2) is 0 Å². The van der Waals surface area contributed by atoms with Gasteiger partial charge in [0, 0.05) is 22.3 Å². The third-order valence-electron chi connectivity index (χ3n) is 3.87. The number of carbonyl (C=O) groups is 2. The summed E-state index contributed by atoms with van der Waals surface area (Å²) in [6, 6.07) is 17.2. The Labute approximate surface area is 161 Å². The average Bonchev–Trinajstić information content (AvgIpc) is 3.18. The van der Waals surface area contributed by atoms with Gasteiger partial charge in [0.25, 0.3) is 11.8 Å². The molecule has 3 aromatic rings. The van der Waals surface area contributed by atoms with Crippen LogP contribution in [-0.2, 0) is 4.79 Å². The zero-order valence-electron chi connectivity index (χ0n) is 14.5. The Morgan fingerprint density at radius 2 is 1.78 bits per heavy atom. The quantitative estimate of drug-likeness (QED) is 0.633. The number of nitrogens with one attached hydrogen (secondary N) is 2. The number of benzene rings is 2. The van der Waals surface area contributed by atoms with Crippen molar-refractivity contribution in [1.82, 2.24) is 5.32 Å². The zero-order valence-corrected chi connectivity index (χ0v) is 15.3. The van der Waals surface area contributed by atoms with Crippen LogP contribution in [0.25, 0.3) is 6.08 Å². The lowest BCUT2D eigenvalue weighted by atomic mass is 10.2. The summed E-state index contributed by atoms with van der Waals surface area (Å²) in [7, 11) is 0. The minimum atomic E-state index is -0.485. The molecule has 0 unspecified atom stereocenters. The fourth-order valence-electron chi connectivity index (χ4n) is 2.39. The number of hydrogen-bond acceptors (Lipinski definition) is 3. The molecule has 6 heteroatoms. The summed E-state index contributed by atoms with van der Waals surface area (Å²) in [6.45, 7) is 1.80. The van der Waals surface area contributed by atoms with Gasteiger partial charge in [0.1, 0.15) is 11.5 Å². The molecule has 5 nitrogen and oxygen atoms in total. The highest BCUT2D eigenvalue weighted by atomic mass is 35.5. The number of anilines is 1. The molecule has 0 aliphatic rings. The average molecular weight is 381 g/mol. The van der Waals surface area contributed by atoms with Gasteiger partial charge in [-0.25, -0.2) is 0 Å². The summed E-state index contributed by atoms with van der Waals surface area (Å²) in [5.74, 6) is -0.441. The predicted molar refractivity (Wildman–Crippen MR) is 105 cm³/mol. The van der Waals surface area contributed by atoms with Gasteiger partial charge in [0.05, 0.1) is 6.26 Å². The highest BCUT2D eigenvalue weighted by Gasteiger charge is 2.16. The number of hydrogen-bond donors (Lipinski definition) is 2. The van der Waals surface area contributed by atoms with Crippen LogP contribution < -0.4 is 10.6 Å². The van der Waals surface area contributed by atoms with Crippen molar-refractivity contribution < 1.29 is 14.0 Å². The molecule has 0 spiro atoms. The van der Waals surface area contributed by atoms with Crippen molar-refractivity contribution in [3.63, 3.8) is 0 Å². The van der Waals surface area contributed by atoms with Crippen LogP contribution in [0.2, 0.25) is 5.02 Å². The molecule has 2 N–H and O–H groups in total. The molecule has 0 fully saturated rings. The molecular formula is C21H17ClN2O3. The number of halogens is 1. The Hall–Kier alpha value is -3.31. The standard InChI is InChI=1S/C21H17ClN2O3/c1-14-17(22)10-5-11-18(14)23-21(26)19(13-16-9-6-12-27-16)24-20(25)15-7-3-2-4-8-15/h2-13H,1H3,(H,23,26)(H,24,25). The van der Waals surface area contributed by atoms with Gasteiger partial charge in [-0.2, -0.15) is 0 Å². The first-order valence-electron chi connectivity index (χ1n) is 8.22. The lowest BCUT2D eigenvalue weighted by Gasteiger charge is -2.13. The van der Waals surface area contributed by atoms with Crippen LogP contribution in [0, 0.1) is 6.92 Å². The largest absolute Gasteiger partial charge is 0.465 e. The van der Waals surface area contributed by atoms with E-state index in [2.05, 4.69) is 10.6 Å². The van der Waals surface area contributed by atoms with E-state index in [9.17, 15) is 9.59 Å². The van der Waals surface area contributed by atoms with Crippen molar-refractivity contribution in [2.45, 2.75) is 6.92 Å². The molecule has 0 saturated heterocycles. The maximum Gasteiger partial charge on any atom is 0.272 e. The van der Waals surface area contributed by atoms with Gasteiger partial charge in [-0.1, -0.05) is 35.9 Å². The summed E-state index contributed by atoms with van der Waals surface area (Å²) in [5, 5.41) is 5.95. The van der Waals surface area contributed by atoms with Crippen LogP contribution in [-0.4, -0.2) is 11.8 Å². The van der Waals surface area contributed by atoms with E-state index < -0.39 is 11.8 Å². The molecule has 0 aliphatic carbocycles. The lowest BCUT2D eigenvalue weighted by molar-refractivity contribution is -0.113. The van der Waals surface area contributed by atoms with E-state index in [1.54, 1.807) is 61.5 Å². The van der Waals surface area contributed by atoms with Crippen LogP contribution in [0.5, 0.6) is 0 Å². The first-order chi connectivity index (χ1) is 13.0. The summed E-state index contributed by atoms with van der Waals surface area (Å²) in [6.07, 6.45) is 2.96. The summed E-state index contributed by atoms with van der Waals surface area (Å²) < 4.78 is 5.27. The molecule has 0 atom stereocenters. The Morgan fingerprint density at radius 3 is 2.48 bits per heavy atom. The highest BCUT2D eigenvalue weighted by Crippen LogP contribution is 2.23. The smallest absolute Gasteiger partial charge is 0.272 e. The van der Waals surface area contributed by atoms with E-state index in [1.165, 1.54) is 12.3 Å². The van der Waals surface area contributed by atoms with Gasteiger partial charge in [-0.05, 0) is 48.9 Å². The third kappa shape index (κ3) is 4.65. The van der Waals surface area contributed by atoms with Crippen LogP contribution in [0.3, 0.4) is 0 Å². The Morgan fingerprint density at radius 1 is 1.00 bits per heavy atom. The second-order valence-corrected chi connectivity index (χ2v) is 6.17. The van der Waals surface area contributed by atoms with E-state index in [0.29, 0.717) is 22.0 Å². The maximum absolute atomic E-state index is 12.8. The molecule has 27 heavy (non-hydrogen) atoms. The third-order valence-corrected chi connectivity index (χ3v) is 4.28. The number of carbonyl (C=O) groups excluding carboxylic acids is 2. The number of furan rings is 1. The molecule has 3 rings (SSSR count). The van der Waals surface area contributed by atoms with E-state index in [0.717, 1.165) is 5.56 Å². The minimum absolute atomic E-state index is 0.0539. The molecular weight excluding hydrogens is 364 g/mol. The van der Waals surface area contributed by atoms with Gasteiger partial charge < -0.3 is 15.1 Å². The normalized spacial score (nSPS) is 11.1. The van der Waals surface area contributed by atoms with Crippen LogP contribution in [0.1, 0.15) is 21.7 Å². The van der Waals surface area contributed by atoms with Crippen molar-refractivity contribution in [1.29, 1.82) is 0 Å². The van der Waals surface area contributed by atoms with E-state index in [-0.39, 0.29) is 5.70 Å². The molecule has 2 aromatic carbocycles. The monoisotopic (exact) mass is 380 g/mol. The first-order valence-corrected chi connectivity index (χ1v) is 8.60. The van der Waals surface area contributed by atoms with Crippen molar-refractivity contribution in [3.8, 4) is 0 Å². The summed E-state index contributed by atoms with van der Waals surface area (Å²) >= 11 is 6.11. The van der Waals surface area contributed by atoms with E-state index in [4.69, 9.17) is 16.0 Å². The molecule has 1 aromatic heterocycles. The van der Waals surface area contributed by atoms with Gasteiger partial charge >= 0.3 is 0 Å². The molecule has 2 amide bonds. The minimum Gasteiger partial charge on any atom is -0.465 e. The Kier molecular flexibility index (Phi) is 5.74. The summed E-state index contributed by atoms with van der Waals surface area (Å²) in [4.78, 5) is 25.3. The Bertz CT molecular complexity index is 980. The van der Waals surface area contributed by atoms with Crippen molar-refractivity contribution in [3.05, 3.63) is 94.5 Å². The SMILES string of the molecule is Cc1c(Cl)cccc1NC(=O)C(=Cc1ccco1)NC(=O)c1ccccc1. The molecule has 0 saturated carbocycles. The summed E-state index contributed by atoms with van der Waals surface area (Å²) in [5.41, 5.74) is 1.79. The van der Waals surface area contributed by atoms with Crippen molar-refractivity contribution in [2.24, 2.45) is 0 Å². The van der Waals surface area contributed by atoms with Crippen molar-refractivity contribution in [2.75, 3.05) is 5.32 Å². The number of amides is 2. The van der Waals surface area contributed by atoms with E-state index >= 15 is 0 Å². The maximum atomic E-state index is 12.8. The fraction of sp³-hybridized carbons (Fsp3) is 0.0476. The lowest BCUT2D eigenvalue weighted by Crippen LogP contribution is -2.30. The molecule has 1 heterocycles. The first kappa shape index (κ1) is 18.5. The predicted octanol–water partition coefficient (Wildman–Crippen LogP) is 4.65.